The molecule has 5 nitrogen and oxygen atoms in total. The fourth-order valence-corrected chi connectivity index (χ4v) is 5.51. The normalized spacial score (nSPS) is 13.7. The third-order valence-electron chi connectivity index (χ3n) is 5.36. The van der Waals surface area contributed by atoms with Crippen molar-refractivity contribution in [3.63, 3.8) is 0 Å². The highest BCUT2D eigenvalue weighted by atomic mass is 127. The van der Waals surface area contributed by atoms with Crippen LogP contribution in [0.4, 0.5) is 0 Å². The molecular weight excluding hydrogens is 495 g/mol. The second kappa shape index (κ2) is 7.67. The van der Waals surface area contributed by atoms with Gasteiger partial charge in [0.05, 0.1) is 28.2 Å². The first-order chi connectivity index (χ1) is 13.9. The molecule has 4 rings (SSSR count). The predicted octanol–water partition coefficient (Wildman–Crippen LogP) is 5.75. The van der Waals surface area contributed by atoms with E-state index in [9.17, 15) is 5.11 Å². The summed E-state index contributed by atoms with van der Waals surface area (Å²) in [5.41, 5.74) is 5.08. The first kappa shape index (κ1) is 20.3. The molecule has 0 spiro atoms. The topological polar surface area (TPSA) is 77.6 Å². The minimum atomic E-state index is -1.30. The lowest BCUT2D eigenvalue weighted by Crippen LogP contribution is -2.26. The van der Waals surface area contributed by atoms with E-state index in [0.29, 0.717) is 11.4 Å². The Morgan fingerprint density at radius 2 is 2.14 bits per heavy atom. The molecule has 29 heavy (non-hydrogen) atoms. The van der Waals surface area contributed by atoms with Crippen LogP contribution in [0.5, 0.6) is 0 Å². The van der Waals surface area contributed by atoms with Gasteiger partial charge < -0.3 is 10.1 Å². The average molecular weight is 516 g/mol. The van der Waals surface area contributed by atoms with E-state index in [1.807, 2.05) is 12.3 Å². The Balaban J connectivity index is 1.99. The van der Waals surface area contributed by atoms with Gasteiger partial charge in [0.1, 0.15) is 11.4 Å². The summed E-state index contributed by atoms with van der Waals surface area (Å²) < 4.78 is 2.12. The molecule has 0 aliphatic heterocycles. The van der Waals surface area contributed by atoms with Crippen molar-refractivity contribution < 1.29 is 5.11 Å². The van der Waals surface area contributed by atoms with E-state index in [1.165, 1.54) is 5.56 Å². The van der Waals surface area contributed by atoms with Crippen molar-refractivity contribution in [2.75, 3.05) is 0 Å². The standard InChI is InChI=1S/C22H21IN4OS/c1-4-5-15-10-13(2)20-16(8-9-27(20)29-23)19(15)22(3,28)21-25-17-7-6-14(12-24)11-18(17)26-21/h6-11,28H,4-5H2,1-3H3,(H,25,26). The minimum absolute atomic E-state index is 0.486. The molecule has 7 heteroatoms. The molecule has 0 bridgehead atoms. The number of nitrogens with zero attached hydrogens (tertiary/aromatic N) is 3. The summed E-state index contributed by atoms with van der Waals surface area (Å²) in [6.45, 7) is 6.07. The van der Waals surface area contributed by atoms with Crippen molar-refractivity contribution in [2.45, 2.75) is 39.2 Å². The number of imidazole rings is 1. The summed E-state index contributed by atoms with van der Waals surface area (Å²) in [4.78, 5) is 7.92. The highest BCUT2D eigenvalue weighted by molar-refractivity contribution is 14.2. The Bertz CT molecular complexity index is 1270. The maximum absolute atomic E-state index is 11.8. The van der Waals surface area contributed by atoms with Crippen LogP contribution in [0.15, 0.2) is 36.5 Å². The summed E-state index contributed by atoms with van der Waals surface area (Å²) in [6.07, 6.45) is 3.91. The number of aromatic amines is 1. The van der Waals surface area contributed by atoms with Crippen LogP contribution in [0.3, 0.4) is 0 Å². The van der Waals surface area contributed by atoms with Gasteiger partial charge in [-0.2, -0.15) is 5.26 Å². The molecule has 1 unspecified atom stereocenters. The molecule has 2 heterocycles. The number of hydrogen-bond donors (Lipinski definition) is 2. The van der Waals surface area contributed by atoms with Gasteiger partial charge in [-0.3, -0.25) is 3.97 Å². The maximum atomic E-state index is 11.8. The summed E-state index contributed by atoms with van der Waals surface area (Å²) in [7, 11) is 1.61. The molecule has 4 aromatic rings. The second-order valence-corrected chi connectivity index (χ2v) is 9.16. The highest BCUT2D eigenvalue weighted by Gasteiger charge is 2.34. The summed E-state index contributed by atoms with van der Waals surface area (Å²) in [5.74, 6) is 0.486. The zero-order valence-corrected chi connectivity index (χ0v) is 19.4. The van der Waals surface area contributed by atoms with Crippen LogP contribution >= 0.6 is 30.3 Å². The lowest BCUT2D eigenvalue weighted by atomic mass is 9.85. The average Bonchev–Trinajstić information content (AvgIpc) is 3.32. The second-order valence-electron chi connectivity index (χ2n) is 7.45. The van der Waals surface area contributed by atoms with E-state index in [4.69, 9.17) is 5.26 Å². The van der Waals surface area contributed by atoms with Crippen molar-refractivity contribution in [1.82, 2.24) is 13.9 Å². The molecule has 148 valence electrons. The number of nitriles is 1. The van der Waals surface area contributed by atoms with Crippen LogP contribution in [0.1, 0.15) is 48.3 Å². The fraction of sp³-hybridized carbons (Fsp3) is 0.273. The number of nitrogens with one attached hydrogen (secondary N) is 1. The quantitative estimate of drug-likeness (QED) is 0.331. The highest BCUT2D eigenvalue weighted by Crippen LogP contribution is 2.40. The number of halogens is 1. The summed E-state index contributed by atoms with van der Waals surface area (Å²) in [5, 5.41) is 22.0. The van der Waals surface area contributed by atoms with Crippen LogP contribution in [0, 0.1) is 18.3 Å². The van der Waals surface area contributed by atoms with Gasteiger partial charge in [-0.05, 0) is 55.7 Å². The molecule has 0 aliphatic rings. The molecule has 0 saturated carbocycles. The molecular formula is C22H21IN4OS. The summed E-state index contributed by atoms with van der Waals surface area (Å²) in [6, 6.07) is 11.7. The summed E-state index contributed by atoms with van der Waals surface area (Å²) >= 11 is 2.27. The number of H-pyrrole nitrogens is 1. The van der Waals surface area contributed by atoms with Gasteiger partial charge in [0, 0.05) is 47.5 Å². The zero-order valence-electron chi connectivity index (χ0n) is 16.5. The Hall–Kier alpha value is -2.02. The van der Waals surface area contributed by atoms with Crippen LogP contribution in [-0.4, -0.2) is 19.0 Å². The van der Waals surface area contributed by atoms with Crippen LogP contribution in [0.2, 0.25) is 0 Å². The fourth-order valence-electron chi connectivity index (χ4n) is 4.10. The number of benzene rings is 2. The van der Waals surface area contributed by atoms with Crippen LogP contribution < -0.4 is 0 Å². The number of aromatic nitrogens is 3. The van der Waals surface area contributed by atoms with Gasteiger partial charge in [-0.25, -0.2) is 4.98 Å². The van der Waals surface area contributed by atoms with Gasteiger partial charge >= 0.3 is 0 Å². The van der Waals surface area contributed by atoms with E-state index in [1.54, 1.807) is 28.2 Å². The number of rotatable bonds is 5. The maximum Gasteiger partial charge on any atom is 0.145 e. The van der Waals surface area contributed by atoms with Crippen molar-refractivity contribution in [1.29, 1.82) is 5.26 Å². The van der Waals surface area contributed by atoms with E-state index in [2.05, 4.69) is 67.2 Å². The Morgan fingerprint density at radius 1 is 1.34 bits per heavy atom. The number of aryl methyl sites for hydroxylation is 2. The predicted molar refractivity (Wildman–Crippen MR) is 127 cm³/mol. The SMILES string of the molecule is CCCc1cc(C)c2c(ccn2SI)c1C(C)(O)c1nc2ccc(C#N)cc2[nH]1. The number of fused-ring (bicyclic) bond motifs is 2. The first-order valence-electron chi connectivity index (χ1n) is 9.46. The molecule has 2 N–H and O–H groups in total. The molecule has 0 aliphatic carbocycles. The van der Waals surface area contributed by atoms with Crippen LogP contribution in [-0.2, 0) is 12.0 Å². The monoisotopic (exact) mass is 516 g/mol. The largest absolute Gasteiger partial charge is 0.377 e. The Labute approximate surface area is 185 Å². The van der Waals surface area contributed by atoms with Crippen molar-refractivity contribution >= 4 is 52.3 Å². The van der Waals surface area contributed by atoms with Gasteiger partial charge in [0.15, 0.2) is 0 Å². The molecule has 2 aromatic carbocycles. The molecule has 0 saturated heterocycles. The molecule has 0 radical (unpaired) electrons. The number of hydrogen-bond acceptors (Lipinski definition) is 4. The van der Waals surface area contributed by atoms with Gasteiger partial charge in [-0.15, -0.1) is 0 Å². The lowest BCUT2D eigenvalue weighted by Gasteiger charge is -2.26. The van der Waals surface area contributed by atoms with Gasteiger partial charge in [-0.1, -0.05) is 19.4 Å². The Kier molecular flexibility index (Phi) is 5.36. The van der Waals surface area contributed by atoms with E-state index >= 15 is 0 Å². The van der Waals surface area contributed by atoms with E-state index in [-0.39, 0.29) is 0 Å². The third kappa shape index (κ3) is 3.33. The molecule has 0 amide bonds. The molecule has 1 atom stereocenters. The third-order valence-corrected chi connectivity index (χ3v) is 7.09. The van der Waals surface area contributed by atoms with E-state index in [0.717, 1.165) is 45.9 Å². The molecule has 2 aromatic heterocycles. The van der Waals surface area contributed by atoms with Crippen molar-refractivity contribution in [3.8, 4) is 6.07 Å². The minimum Gasteiger partial charge on any atom is -0.377 e. The molecule has 0 fully saturated rings. The van der Waals surface area contributed by atoms with Gasteiger partial charge in [0.2, 0.25) is 0 Å². The van der Waals surface area contributed by atoms with Crippen molar-refractivity contribution in [3.05, 3.63) is 64.6 Å². The number of aliphatic hydroxyl groups is 1. The lowest BCUT2D eigenvalue weighted by molar-refractivity contribution is 0.0941. The van der Waals surface area contributed by atoms with Gasteiger partial charge in [0.25, 0.3) is 0 Å². The van der Waals surface area contributed by atoms with Crippen LogP contribution in [0.25, 0.3) is 21.9 Å². The Morgan fingerprint density at radius 3 is 2.83 bits per heavy atom. The smallest absolute Gasteiger partial charge is 0.145 e. The van der Waals surface area contributed by atoms with E-state index < -0.39 is 5.60 Å². The first-order valence-corrected chi connectivity index (χ1v) is 12.8. The zero-order chi connectivity index (χ0) is 20.8. The van der Waals surface area contributed by atoms with Crippen molar-refractivity contribution in [2.24, 2.45) is 0 Å².